The normalized spacial score (nSPS) is 11.2. The molecule has 3 aromatic rings. The molecular formula is C12H9ClN2OS. The molecule has 0 spiro atoms. The highest BCUT2D eigenvalue weighted by molar-refractivity contribution is 7.13. The van der Waals surface area contributed by atoms with Crippen molar-refractivity contribution >= 4 is 34.0 Å². The third kappa shape index (κ3) is 1.94. The predicted octanol–water partition coefficient (Wildman–Crippen LogP) is 4.00. The Balaban J connectivity index is 2.10. The topological polar surface area (TPSA) is 38.9 Å². The van der Waals surface area contributed by atoms with Gasteiger partial charge in [-0.15, -0.1) is 22.9 Å². The zero-order valence-corrected chi connectivity index (χ0v) is 10.7. The second kappa shape index (κ2) is 4.13. The summed E-state index contributed by atoms with van der Waals surface area (Å²) >= 11 is 7.33. The van der Waals surface area contributed by atoms with Gasteiger partial charge in [0.05, 0.1) is 11.6 Å². The van der Waals surface area contributed by atoms with Crippen LogP contribution in [-0.4, -0.2) is 9.97 Å². The fraction of sp³-hybridized carbons (Fsp3) is 0.167. The van der Waals surface area contributed by atoms with Gasteiger partial charge < -0.3 is 4.42 Å². The average Bonchev–Trinajstić information content (AvgIpc) is 2.92. The number of halogens is 1. The molecule has 3 rings (SSSR count). The molecule has 17 heavy (non-hydrogen) atoms. The van der Waals surface area contributed by atoms with Gasteiger partial charge in [-0.2, -0.15) is 0 Å². The molecule has 1 aromatic carbocycles. The van der Waals surface area contributed by atoms with Crippen molar-refractivity contribution in [2.75, 3.05) is 0 Å². The first-order valence-electron chi connectivity index (χ1n) is 5.14. The van der Waals surface area contributed by atoms with Gasteiger partial charge >= 0.3 is 0 Å². The second-order valence-corrected chi connectivity index (χ2v) is 4.82. The zero-order valence-electron chi connectivity index (χ0n) is 9.11. The van der Waals surface area contributed by atoms with E-state index in [1.165, 1.54) is 0 Å². The number of thiazole rings is 1. The van der Waals surface area contributed by atoms with Crippen LogP contribution in [0.5, 0.6) is 0 Å². The van der Waals surface area contributed by atoms with Gasteiger partial charge in [0, 0.05) is 17.9 Å². The van der Waals surface area contributed by atoms with Crippen LogP contribution in [0.1, 0.15) is 11.6 Å². The van der Waals surface area contributed by atoms with Crippen molar-refractivity contribution in [2.45, 2.75) is 12.8 Å². The van der Waals surface area contributed by atoms with E-state index >= 15 is 0 Å². The molecule has 0 aliphatic heterocycles. The van der Waals surface area contributed by atoms with E-state index in [0.29, 0.717) is 11.8 Å². The highest BCUT2D eigenvalue weighted by Crippen LogP contribution is 2.27. The Kier molecular flexibility index (Phi) is 2.61. The lowest BCUT2D eigenvalue weighted by Gasteiger charge is -1.94. The number of aryl methyl sites for hydroxylation is 1. The van der Waals surface area contributed by atoms with Gasteiger partial charge in [-0.1, -0.05) is 0 Å². The number of alkyl halides is 1. The molecule has 2 heterocycles. The summed E-state index contributed by atoms with van der Waals surface area (Å²) in [7, 11) is 0. The number of aromatic nitrogens is 2. The Morgan fingerprint density at radius 1 is 1.35 bits per heavy atom. The van der Waals surface area contributed by atoms with E-state index in [9.17, 15) is 0 Å². The summed E-state index contributed by atoms with van der Waals surface area (Å²) in [6.07, 6.45) is 0. The molecule has 0 bridgehead atoms. The van der Waals surface area contributed by atoms with Crippen molar-refractivity contribution < 1.29 is 4.42 Å². The third-order valence-corrected chi connectivity index (χ3v) is 3.64. The Morgan fingerprint density at radius 3 is 3.00 bits per heavy atom. The number of nitrogens with zero attached hydrogens (tertiary/aromatic N) is 2. The van der Waals surface area contributed by atoms with E-state index in [2.05, 4.69) is 9.97 Å². The maximum Gasteiger partial charge on any atom is 0.192 e. The summed E-state index contributed by atoms with van der Waals surface area (Å²) in [5.74, 6) is 1.12. The smallest absolute Gasteiger partial charge is 0.192 e. The first-order chi connectivity index (χ1) is 8.26. The fourth-order valence-corrected chi connectivity index (χ4v) is 2.72. The minimum atomic E-state index is 0.446. The number of rotatable bonds is 2. The molecule has 0 radical (unpaired) electrons. The Bertz CT molecular complexity index is 674. The molecule has 0 saturated heterocycles. The van der Waals surface area contributed by atoms with Gasteiger partial charge in [-0.3, -0.25) is 0 Å². The molecule has 0 aliphatic rings. The van der Waals surface area contributed by atoms with Gasteiger partial charge in [-0.25, -0.2) is 9.97 Å². The molecule has 2 aromatic heterocycles. The number of fused-ring (bicyclic) bond motifs is 1. The molecule has 0 aliphatic carbocycles. The Hall–Kier alpha value is -1.39. The van der Waals surface area contributed by atoms with Crippen LogP contribution in [0.4, 0.5) is 0 Å². The van der Waals surface area contributed by atoms with Crippen molar-refractivity contribution in [1.29, 1.82) is 0 Å². The molecule has 0 fully saturated rings. The Labute approximate surface area is 107 Å². The summed E-state index contributed by atoms with van der Waals surface area (Å²) in [4.78, 5) is 8.75. The zero-order chi connectivity index (χ0) is 11.8. The number of hydrogen-bond donors (Lipinski definition) is 0. The molecule has 0 amide bonds. The van der Waals surface area contributed by atoms with E-state index in [1.54, 1.807) is 11.3 Å². The van der Waals surface area contributed by atoms with Crippen LogP contribution in [-0.2, 0) is 5.88 Å². The lowest BCUT2D eigenvalue weighted by Crippen LogP contribution is -1.79. The maximum atomic E-state index is 5.74. The van der Waals surface area contributed by atoms with Gasteiger partial charge in [0.25, 0.3) is 0 Å². The summed E-state index contributed by atoms with van der Waals surface area (Å²) in [6, 6.07) is 5.90. The van der Waals surface area contributed by atoms with Gasteiger partial charge in [0.15, 0.2) is 11.5 Å². The first kappa shape index (κ1) is 10.7. The highest BCUT2D eigenvalue weighted by atomic mass is 35.5. The summed E-state index contributed by atoms with van der Waals surface area (Å²) in [5, 5.41) is 2.93. The molecule has 5 heteroatoms. The van der Waals surface area contributed by atoms with Crippen molar-refractivity contribution in [1.82, 2.24) is 9.97 Å². The monoisotopic (exact) mass is 264 g/mol. The molecule has 0 unspecified atom stereocenters. The largest absolute Gasteiger partial charge is 0.441 e. The number of oxazole rings is 1. The first-order valence-corrected chi connectivity index (χ1v) is 6.55. The minimum Gasteiger partial charge on any atom is -0.441 e. The lowest BCUT2D eigenvalue weighted by atomic mass is 10.2. The van der Waals surface area contributed by atoms with Gasteiger partial charge in [0.1, 0.15) is 10.5 Å². The van der Waals surface area contributed by atoms with Crippen LogP contribution in [0.2, 0.25) is 0 Å². The molecule has 0 N–H and O–H groups in total. The van der Waals surface area contributed by atoms with E-state index in [0.717, 1.165) is 27.4 Å². The predicted molar refractivity (Wildman–Crippen MR) is 69.4 cm³/mol. The van der Waals surface area contributed by atoms with Gasteiger partial charge in [0.2, 0.25) is 0 Å². The van der Waals surface area contributed by atoms with Crippen molar-refractivity contribution in [2.24, 2.45) is 0 Å². The summed E-state index contributed by atoms with van der Waals surface area (Å²) < 4.78 is 5.44. The minimum absolute atomic E-state index is 0.446. The van der Waals surface area contributed by atoms with Crippen molar-refractivity contribution in [3.8, 4) is 10.6 Å². The lowest BCUT2D eigenvalue weighted by molar-refractivity contribution is 0.561. The molecular weight excluding hydrogens is 256 g/mol. The SMILES string of the molecule is Cc1nc2cc(-c3nc(CCl)cs3)ccc2o1. The van der Waals surface area contributed by atoms with Crippen LogP contribution < -0.4 is 0 Å². The standard InChI is InChI=1S/C12H9ClN2OS/c1-7-14-10-4-8(2-3-11(10)16-7)12-15-9(5-13)6-17-12/h2-4,6H,5H2,1H3. The van der Waals surface area contributed by atoms with Crippen LogP contribution in [0.3, 0.4) is 0 Å². The average molecular weight is 265 g/mol. The van der Waals surface area contributed by atoms with Crippen molar-refractivity contribution in [3.05, 3.63) is 35.2 Å². The van der Waals surface area contributed by atoms with Crippen LogP contribution in [0.25, 0.3) is 21.7 Å². The van der Waals surface area contributed by atoms with Crippen LogP contribution >= 0.6 is 22.9 Å². The van der Waals surface area contributed by atoms with Gasteiger partial charge in [-0.05, 0) is 18.2 Å². The van der Waals surface area contributed by atoms with Crippen LogP contribution in [0, 0.1) is 6.92 Å². The number of benzene rings is 1. The molecule has 86 valence electrons. The second-order valence-electron chi connectivity index (χ2n) is 3.69. The quantitative estimate of drug-likeness (QED) is 0.657. The summed E-state index contributed by atoms with van der Waals surface area (Å²) in [5.41, 5.74) is 3.62. The maximum absolute atomic E-state index is 5.74. The van der Waals surface area contributed by atoms with Crippen LogP contribution in [0.15, 0.2) is 28.0 Å². The van der Waals surface area contributed by atoms with E-state index in [1.807, 2.05) is 30.5 Å². The molecule has 3 nitrogen and oxygen atoms in total. The van der Waals surface area contributed by atoms with E-state index in [-0.39, 0.29) is 0 Å². The van der Waals surface area contributed by atoms with E-state index in [4.69, 9.17) is 16.0 Å². The molecule has 0 atom stereocenters. The molecule has 0 saturated carbocycles. The van der Waals surface area contributed by atoms with E-state index < -0.39 is 0 Å². The highest BCUT2D eigenvalue weighted by Gasteiger charge is 2.07. The van der Waals surface area contributed by atoms with Crippen molar-refractivity contribution in [3.63, 3.8) is 0 Å². The summed E-state index contributed by atoms with van der Waals surface area (Å²) in [6.45, 7) is 1.84. The fourth-order valence-electron chi connectivity index (χ4n) is 1.68. The third-order valence-electron chi connectivity index (χ3n) is 2.43. The number of hydrogen-bond acceptors (Lipinski definition) is 4. The Morgan fingerprint density at radius 2 is 2.24 bits per heavy atom.